The van der Waals surface area contributed by atoms with E-state index in [0.29, 0.717) is 12.1 Å². The molecule has 2 aromatic rings. The van der Waals surface area contributed by atoms with Crippen LogP contribution >= 0.6 is 0 Å². The number of amides is 1. The number of sulfonamides is 1. The Morgan fingerprint density at radius 3 is 2.35 bits per heavy atom. The van der Waals surface area contributed by atoms with Crippen molar-refractivity contribution < 1.29 is 26.4 Å². The summed E-state index contributed by atoms with van der Waals surface area (Å²) in [7, 11) is -4.53. The van der Waals surface area contributed by atoms with Crippen LogP contribution in [-0.4, -0.2) is 14.3 Å². The average molecular weight is 344 g/mol. The molecule has 0 heterocycles. The molecular formula is C14H11F3N2O3S. The van der Waals surface area contributed by atoms with E-state index < -0.39 is 38.3 Å². The van der Waals surface area contributed by atoms with E-state index in [1.807, 2.05) is 4.72 Å². The smallest absolute Gasteiger partial charge is 0.264 e. The van der Waals surface area contributed by atoms with E-state index in [2.05, 4.69) is 0 Å². The van der Waals surface area contributed by atoms with Gasteiger partial charge < -0.3 is 5.73 Å². The van der Waals surface area contributed by atoms with Crippen molar-refractivity contribution in [2.24, 2.45) is 5.73 Å². The first-order chi connectivity index (χ1) is 10.6. The molecule has 23 heavy (non-hydrogen) atoms. The molecule has 2 rings (SSSR count). The van der Waals surface area contributed by atoms with E-state index in [9.17, 15) is 26.4 Å². The number of carbonyl (C=O) groups excluding carboxylic acids is 1. The topological polar surface area (TPSA) is 89.3 Å². The largest absolute Gasteiger partial charge is 0.366 e. The molecule has 0 atom stereocenters. The van der Waals surface area contributed by atoms with Crippen LogP contribution in [-0.2, 0) is 10.0 Å². The van der Waals surface area contributed by atoms with E-state index in [1.165, 1.54) is 6.92 Å². The second-order valence-corrected chi connectivity index (χ2v) is 6.33. The van der Waals surface area contributed by atoms with Gasteiger partial charge in [-0.3, -0.25) is 9.52 Å². The summed E-state index contributed by atoms with van der Waals surface area (Å²) in [4.78, 5) is 10.2. The molecule has 0 unspecified atom stereocenters. The van der Waals surface area contributed by atoms with Gasteiger partial charge in [-0.15, -0.1) is 0 Å². The molecule has 5 nitrogen and oxygen atoms in total. The molecule has 0 radical (unpaired) electrons. The number of halogens is 3. The Morgan fingerprint density at radius 1 is 1.09 bits per heavy atom. The molecule has 0 aliphatic carbocycles. The molecule has 0 saturated heterocycles. The van der Waals surface area contributed by atoms with Gasteiger partial charge in [0.25, 0.3) is 10.0 Å². The molecule has 9 heteroatoms. The SMILES string of the molecule is Cc1c(F)cc(C(N)=O)cc1NS(=O)(=O)c1cc(F)ccc1F. The van der Waals surface area contributed by atoms with Gasteiger partial charge in [-0.1, -0.05) is 0 Å². The van der Waals surface area contributed by atoms with E-state index >= 15 is 0 Å². The zero-order chi connectivity index (χ0) is 17.4. The molecule has 0 aliphatic rings. The Labute approximate surface area is 130 Å². The van der Waals surface area contributed by atoms with Crippen LogP contribution in [0.3, 0.4) is 0 Å². The number of nitrogens with one attached hydrogen (secondary N) is 1. The van der Waals surface area contributed by atoms with Gasteiger partial charge in [0.15, 0.2) is 0 Å². The summed E-state index contributed by atoms with van der Waals surface area (Å²) in [6, 6.07) is 3.75. The number of hydrogen-bond donors (Lipinski definition) is 2. The van der Waals surface area contributed by atoms with Crippen molar-refractivity contribution >= 4 is 21.6 Å². The number of anilines is 1. The van der Waals surface area contributed by atoms with Gasteiger partial charge in [-0.2, -0.15) is 0 Å². The Bertz CT molecular complexity index is 898. The maximum absolute atomic E-state index is 13.7. The fourth-order valence-electron chi connectivity index (χ4n) is 1.81. The Hall–Kier alpha value is -2.55. The van der Waals surface area contributed by atoms with E-state index in [-0.39, 0.29) is 16.8 Å². The number of primary amides is 1. The van der Waals surface area contributed by atoms with Crippen molar-refractivity contribution in [1.82, 2.24) is 0 Å². The van der Waals surface area contributed by atoms with Crippen molar-refractivity contribution in [3.05, 3.63) is 58.9 Å². The van der Waals surface area contributed by atoms with Crippen LogP contribution in [0.2, 0.25) is 0 Å². The monoisotopic (exact) mass is 344 g/mol. The number of nitrogens with two attached hydrogens (primary N) is 1. The van der Waals surface area contributed by atoms with Gasteiger partial charge in [0.1, 0.15) is 22.3 Å². The molecule has 0 bridgehead atoms. The van der Waals surface area contributed by atoms with Gasteiger partial charge in [0.05, 0.1) is 5.69 Å². The zero-order valence-corrected chi connectivity index (χ0v) is 12.5. The van der Waals surface area contributed by atoms with E-state index in [0.717, 1.165) is 18.2 Å². The predicted octanol–water partition coefficient (Wildman–Crippen LogP) is 2.31. The first-order valence-electron chi connectivity index (χ1n) is 6.19. The lowest BCUT2D eigenvalue weighted by Crippen LogP contribution is -2.18. The van der Waals surface area contributed by atoms with Crippen LogP contribution in [0.5, 0.6) is 0 Å². The summed E-state index contributed by atoms with van der Waals surface area (Å²) in [6.07, 6.45) is 0. The zero-order valence-electron chi connectivity index (χ0n) is 11.7. The lowest BCUT2D eigenvalue weighted by molar-refractivity contribution is 0.1000. The van der Waals surface area contributed by atoms with Gasteiger partial charge in [-0.25, -0.2) is 21.6 Å². The van der Waals surface area contributed by atoms with Gasteiger partial charge >= 0.3 is 0 Å². The van der Waals surface area contributed by atoms with Crippen LogP contribution in [0.4, 0.5) is 18.9 Å². The lowest BCUT2D eigenvalue weighted by atomic mass is 10.1. The van der Waals surface area contributed by atoms with Crippen molar-refractivity contribution in [2.45, 2.75) is 11.8 Å². The number of benzene rings is 2. The van der Waals surface area contributed by atoms with Crippen LogP contribution < -0.4 is 10.5 Å². The van der Waals surface area contributed by atoms with Crippen LogP contribution in [0.1, 0.15) is 15.9 Å². The molecule has 122 valence electrons. The minimum Gasteiger partial charge on any atom is -0.366 e. The molecule has 0 aromatic heterocycles. The van der Waals surface area contributed by atoms with Crippen molar-refractivity contribution in [1.29, 1.82) is 0 Å². The fraction of sp³-hybridized carbons (Fsp3) is 0.0714. The second-order valence-electron chi connectivity index (χ2n) is 4.68. The minimum absolute atomic E-state index is 0.129. The maximum Gasteiger partial charge on any atom is 0.264 e. The third kappa shape index (κ3) is 3.45. The summed E-state index contributed by atoms with van der Waals surface area (Å²) < 4.78 is 66.8. The number of hydrogen-bond acceptors (Lipinski definition) is 3. The summed E-state index contributed by atoms with van der Waals surface area (Å²) in [5.41, 5.74) is 4.32. The minimum atomic E-state index is -4.53. The quantitative estimate of drug-likeness (QED) is 0.892. The third-order valence-corrected chi connectivity index (χ3v) is 4.44. The predicted molar refractivity (Wildman–Crippen MR) is 76.8 cm³/mol. The van der Waals surface area contributed by atoms with E-state index in [1.54, 1.807) is 0 Å². The first-order valence-corrected chi connectivity index (χ1v) is 7.68. The lowest BCUT2D eigenvalue weighted by Gasteiger charge is -2.13. The first kappa shape index (κ1) is 16.8. The van der Waals surface area contributed by atoms with Gasteiger partial charge in [0, 0.05) is 11.1 Å². The molecular weight excluding hydrogens is 333 g/mol. The Kier molecular flexibility index (Phi) is 4.33. The summed E-state index contributed by atoms with van der Waals surface area (Å²) in [5.74, 6) is -3.98. The van der Waals surface area contributed by atoms with E-state index in [4.69, 9.17) is 5.73 Å². The van der Waals surface area contributed by atoms with Gasteiger partial charge in [-0.05, 0) is 37.3 Å². The van der Waals surface area contributed by atoms with Crippen molar-refractivity contribution in [2.75, 3.05) is 4.72 Å². The maximum atomic E-state index is 13.7. The average Bonchev–Trinajstić information content (AvgIpc) is 2.45. The van der Waals surface area contributed by atoms with Crippen LogP contribution in [0.25, 0.3) is 0 Å². The van der Waals surface area contributed by atoms with Gasteiger partial charge in [0.2, 0.25) is 5.91 Å². The molecule has 3 N–H and O–H groups in total. The fourth-order valence-corrected chi connectivity index (χ4v) is 3.01. The van der Waals surface area contributed by atoms with Crippen molar-refractivity contribution in [3.63, 3.8) is 0 Å². The number of carbonyl (C=O) groups is 1. The highest BCUT2D eigenvalue weighted by molar-refractivity contribution is 7.92. The molecule has 1 amide bonds. The molecule has 2 aromatic carbocycles. The van der Waals surface area contributed by atoms with Crippen molar-refractivity contribution in [3.8, 4) is 0 Å². The highest BCUT2D eigenvalue weighted by Gasteiger charge is 2.22. The second kappa shape index (κ2) is 5.92. The standard InChI is InChI=1S/C14H11F3N2O3S/c1-7-11(17)4-8(14(18)20)5-12(7)19-23(21,22)13-6-9(15)2-3-10(13)16/h2-6,19H,1H3,(H2,18,20). The highest BCUT2D eigenvalue weighted by Crippen LogP contribution is 2.25. The Morgan fingerprint density at radius 2 is 1.74 bits per heavy atom. The third-order valence-electron chi connectivity index (χ3n) is 3.06. The Balaban J connectivity index is 2.53. The normalized spacial score (nSPS) is 11.3. The summed E-state index contributed by atoms with van der Waals surface area (Å²) >= 11 is 0. The molecule has 0 fully saturated rings. The molecule has 0 spiro atoms. The van der Waals surface area contributed by atoms with Crippen LogP contribution in [0.15, 0.2) is 35.2 Å². The highest BCUT2D eigenvalue weighted by atomic mass is 32.2. The molecule has 0 aliphatic heterocycles. The summed E-state index contributed by atoms with van der Waals surface area (Å²) in [6.45, 7) is 1.25. The summed E-state index contributed by atoms with van der Waals surface area (Å²) in [5, 5.41) is 0. The van der Waals surface area contributed by atoms with Crippen LogP contribution in [0, 0.1) is 24.4 Å². The number of rotatable bonds is 4. The molecule has 0 saturated carbocycles.